The fourth-order valence-electron chi connectivity index (χ4n) is 3.13. The molecule has 1 fully saturated rings. The molecule has 0 saturated carbocycles. The lowest BCUT2D eigenvalue weighted by Gasteiger charge is -2.31. The molecule has 3 rings (SSSR count). The summed E-state index contributed by atoms with van der Waals surface area (Å²) in [7, 11) is 0. The van der Waals surface area contributed by atoms with E-state index in [9.17, 15) is 4.79 Å². The van der Waals surface area contributed by atoms with Crippen molar-refractivity contribution in [1.29, 1.82) is 0 Å². The van der Waals surface area contributed by atoms with E-state index in [1.165, 1.54) is 6.42 Å². The quantitative estimate of drug-likeness (QED) is 0.942. The van der Waals surface area contributed by atoms with E-state index >= 15 is 0 Å². The van der Waals surface area contributed by atoms with E-state index in [-0.39, 0.29) is 5.91 Å². The standard InChI is InChI=1S/C18H23N3O/c1-14-5-4-12-21(13-14)17(22)9-11-19-16-8-2-6-15-7-3-10-20-18(15)16/h2-3,6-8,10,14,19H,4-5,9,11-13H2,1H3. The Labute approximate surface area is 131 Å². The zero-order chi connectivity index (χ0) is 15.4. The lowest BCUT2D eigenvalue weighted by atomic mass is 10.00. The van der Waals surface area contributed by atoms with Gasteiger partial charge in [-0.05, 0) is 30.9 Å². The molecule has 1 aromatic heterocycles. The number of amides is 1. The second-order valence-corrected chi connectivity index (χ2v) is 6.14. The highest BCUT2D eigenvalue weighted by Crippen LogP contribution is 2.21. The highest BCUT2D eigenvalue weighted by atomic mass is 16.2. The SMILES string of the molecule is CC1CCCN(C(=O)CCNc2cccc3cccnc23)C1. The van der Waals surface area contributed by atoms with Crippen molar-refractivity contribution in [2.45, 2.75) is 26.2 Å². The van der Waals surface area contributed by atoms with Crippen LogP contribution >= 0.6 is 0 Å². The molecule has 1 amide bonds. The van der Waals surface area contributed by atoms with Gasteiger partial charge in [0.15, 0.2) is 0 Å². The lowest BCUT2D eigenvalue weighted by Crippen LogP contribution is -2.39. The third-order valence-corrected chi connectivity index (χ3v) is 4.30. The Balaban J connectivity index is 1.57. The number of piperidine rings is 1. The van der Waals surface area contributed by atoms with Crippen LogP contribution in [0.1, 0.15) is 26.2 Å². The summed E-state index contributed by atoms with van der Waals surface area (Å²) < 4.78 is 0. The molecule has 1 aromatic carbocycles. The van der Waals surface area contributed by atoms with Crippen LogP contribution in [0.3, 0.4) is 0 Å². The summed E-state index contributed by atoms with van der Waals surface area (Å²) in [5.74, 6) is 0.889. The molecule has 1 saturated heterocycles. The monoisotopic (exact) mass is 297 g/mol. The number of aromatic nitrogens is 1. The van der Waals surface area contributed by atoms with Gasteiger partial charge in [0.25, 0.3) is 0 Å². The molecule has 2 aromatic rings. The number of carbonyl (C=O) groups is 1. The molecule has 0 spiro atoms. The predicted molar refractivity (Wildman–Crippen MR) is 89.8 cm³/mol. The van der Waals surface area contributed by atoms with Crippen molar-refractivity contribution < 1.29 is 4.79 Å². The van der Waals surface area contributed by atoms with Gasteiger partial charge in [-0.1, -0.05) is 25.1 Å². The van der Waals surface area contributed by atoms with Crippen LogP contribution in [0.15, 0.2) is 36.5 Å². The molecule has 1 aliphatic heterocycles. The average Bonchev–Trinajstić information content (AvgIpc) is 2.55. The first kappa shape index (κ1) is 14.8. The van der Waals surface area contributed by atoms with Crippen molar-refractivity contribution in [3.05, 3.63) is 36.5 Å². The van der Waals surface area contributed by atoms with E-state index in [0.717, 1.165) is 36.1 Å². The summed E-state index contributed by atoms with van der Waals surface area (Å²) in [4.78, 5) is 18.7. The molecule has 0 aliphatic carbocycles. The van der Waals surface area contributed by atoms with Gasteiger partial charge in [-0.25, -0.2) is 0 Å². The third kappa shape index (κ3) is 3.38. The first-order valence-electron chi connectivity index (χ1n) is 8.09. The third-order valence-electron chi connectivity index (χ3n) is 4.30. The van der Waals surface area contributed by atoms with Crippen LogP contribution in [0.2, 0.25) is 0 Å². The molecule has 1 N–H and O–H groups in total. The van der Waals surface area contributed by atoms with E-state index in [4.69, 9.17) is 0 Å². The fraction of sp³-hybridized carbons (Fsp3) is 0.444. The molecule has 22 heavy (non-hydrogen) atoms. The van der Waals surface area contributed by atoms with Crippen LogP contribution in [0, 0.1) is 5.92 Å². The Morgan fingerprint density at radius 2 is 2.23 bits per heavy atom. The minimum Gasteiger partial charge on any atom is -0.383 e. The summed E-state index contributed by atoms with van der Waals surface area (Å²) in [5, 5.41) is 4.47. The van der Waals surface area contributed by atoms with Gasteiger partial charge in [-0.2, -0.15) is 0 Å². The smallest absolute Gasteiger partial charge is 0.224 e. The van der Waals surface area contributed by atoms with Crippen molar-refractivity contribution in [3.63, 3.8) is 0 Å². The number of nitrogens with one attached hydrogen (secondary N) is 1. The molecular formula is C18H23N3O. The zero-order valence-corrected chi connectivity index (χ0v) is 13.1. The number of fused-ring (bicyclic) bond motifs is 1. The number of rotatable bonds is 4. The van der Waals surface area contributed by atoms with Gasteiger partial charge in [0.1, 0.15) is 0 Å². The van der Waals surface area contributed by atoms with E-state index in [1.54, 1.807) is 6.20 Å². The number of pyridine rings is 1. The van der Waals surface area contributed by atoms with Crippen LogP contribution < -0.4 is 5.32 Å². The molecular weight excluding hydrogens is 274 g/mol. The largest absolute Gasteiger partial charge is 0.383 e. The Kier molecular flexibility index (Phi) is 4.56. The Morgan fingerprint density at radius 1 is 1.36 bits per heavy atom. The Hall–Kier alpha value is -2.10. The number of hydrogen-bond donors (Lipinski definition) is 1. The van der Waals surface area contributed by atoms with Gasteiger partial charge in [0, 0.05) is 37.6 Å². The number of benzene rings is 1. The number of nitrogens with zero attached hydrogens (tertiary/aromatic N) is 2. The van der Waals surface area contributed by atoms with Crippen molar-refractivity contribution in [1.82, 2.24) is 9.88 Å². The minimum absolute atomic E-state index is 0.257. The van der Waals surface area contributed by atoms with Crippen LogP contribution in [0.4, 0.5) is 5.69 Å². The van der Waals surface area contributed by atoms with Gasteiger partial charge in [-0.15, -0.1) is 0 Å². The summed E-state index contributed by atoms with van der Waals surface area (Å²) in [6.45, 7) is 4.70. The maximum atomic E-state index is 12.3. The maximum absolute atomic E-state index is 12.3. The Morgan fingerprint density at radius 3 is 3.09 bits per heavy atom. The zero-order valence-electron chi connectivity index (χ0n) is 13.1. The summed E-state index contributed by atoms with van der Waals surface area (Å²) in [6, 6.07) is 10.1. The van der Waals surface area contributed by atoms with Gasteiger partial charge in [0.2, 0.25) is 5.91 Å². The van der Waals surface area contributed by atoms with Gasteiger partial charge in [0.05, 0.1) is 11.2 Å². The van der Waals surface area contributed by atoms with Crippen LogP contribution in [0.5, 0.6) is 0 Å². The second-order valence-electron chi connectivity index (χ2n) is 6.14. The average molecular weight is 297 g/mol. The first-order valence-corrected chi connectivity index (χ1v) is 8.09. The van der Waals surface area contributed by atoms with Gasteiger partial charge in [-0.3, -0.25) is 9.78 Å². The summed E-state index contributed by atoms with van der Waals surface area (Å²) >= 11 is 0. The van der Waals surface area contributed by atoms with Gasteiger partial charge >= 0.3 is 0 Å². The molecule has 0 radical (unpaired) electrons. The minimum atomic E-state index is 0.257. The van der Waals surface area contributed by atoms with Crippen LogP contribution in [-0.2, 0) is 4.79 Å². The molecule has 4 nitrogen and oxygen atoms in total. The molecule has 116 valence electrons. The van der Waals surface area contributed by atoms with E-state index in [1.807, 2.05) is 35.2 Å². The molecule has 1 atom stereocenters. The van der Waals surface area contributed by atoms with Crippen molar-refractivity contribution in [3.8, 4) is 0 Å². The fourth-order valence-corrected chi connectivity index (χ4v) is 3.13. The van der Waals surface area contributed by atoms with Crippen LogP contribution in [0.25, 0.3) is 10.9 Å². The summed E-state index contributed by atoms with van der Waals surface area (Å²) in [6.07, 6.45) is 4.71. The van der Waals surface area contributed by atoms with Crippen molar-refractivity contribution in [2.75, 3.05) is 25.0 Å². The van der Waals surface area contributed by atoms with Gasteiger partial charge < -0.3 is 10.2 Å². The van der Waals surface area contributed by atoms with E-state index in [2.05, 4.69) is 17.2 Å². The Bertz CT molecular complexity index is 650. The number of para-hydroxylation sites is 1. The number of carbonyl (C=O) groups excluding carboxylic acids is 1. The first-order chi connectivity index (χ1) is 10.7. The normalized spacial score (nSPS) is 18.4. The molecule has 2 heterocycles. The second kappa shape index (κ2) is 6.77. The number of hydrogen-bond acceptors (Lipinski definition) is 3. The number of anilines is 1. The molecule has 1 unspecified atom stereocenters. The van der Waals surface area contributed by atoms with E-state index in [0.29, 0.717) is 18.9 Å². The predicted octanol–water partition coefficient (Wildman–Crippen LogP) is 3.30. The molecule has 1 aliphatic rings. The van der Waals surface area contributed by atoms with Crippen LogP contribution in [-0.4, -0.2) is 35.4 Å². The maximum Gasteiger partial charge on any atom is 0.224 e. The highest BCUT2D eigenvalue weighted by molar-refractivity contribution is 5.90. The molecule has 0 bridgehead atoms. The van der Waals surface area contributed by atoms with Crippen molar-refractivity contribution in [2.24, 2.45) is 5.92 Å². The molecule has 4 heteroatoms. The highest BCUT2D eigenvalue weighted by Gasteiger charge is 2.20. The lowest BCUT2D eigenvalue weighted by molar-refractivity contribution is -0.132. The van der Waals surface area contributed by atoms with Crippen molar-refractivity contribution >= 4 is 22.5 Å². The topological polar surface area (TPSA) is 45.2 Å². The van der Waals surface area contributed by atoms with E-state index < -0.39 is 0 Å². The number of likely N-dealkylation sites (tertiary alicyclic amines) is 1. The summed E-state index contributed by atoms with van der Waals surface area (Å²) in [5.41, 5.74) is 1.96.